The Bertz CT molecular complexity index is 2700. The Hall–Kier alpha value is -5.05. The summed E-state index contributed by atoms with van der Waals surface area (Å²) in [6, 6.07) is 12.2. The molecule has 7 heterocycles. The highest BCUT2D eigenvalue weighted by atomic mass is 19.3. The molecule has 0 fully saturated rings. The number of hydrogen-bond acceptors (Lipinski definition) is 1. The molecule has 5 nitrogen and oxygen atoms in total. The summed E-state index contributed by atoms with van der Waals surface area (Å²) in [5.74, 6) is 1.20. The quantitative estimate of drug-likeness (QED) is 0.141. The predicted octanol–water partition coefficient (Wildman–Crippen LogP) is 12.5. The number of nitrogens with zero attached hydrogens (tertiary/aromatic N) is 4. The number of ether oxygens (including phenoxy) is 1. The van der Waals surface area contributed by atoms with Crippen molar-refractivity contribution in [3.05, 3.63) is 137 Å². The van der Waals surface area contributed by atoms with Gasteiger partial charge in [-0.1, -0.05) is 77.9 Å². The van der Waals surface area contributed by atoms with Crippen LogP contribution in [-0.2, 0) is 18.3 Å². The summed E-state index contributed by atoms with van der Waals surface area (Å²) in [5, 5.41) is 0. The molecule has 0 bridgehead atoms. The molecule has 11 heteroatoms. The van der Waals surface area contributed by atoms with Crippen molar-refractivity contribution in [3.8, 4) is 11.5 Å². The first kappa shape index (κ1) is 40.4. The maximum Gasteiger partial charge on any atom is 0.737 e. The lowest BCUT2D eigenvalue weighted by Crippen LogP contribution is -2.51. The molecule has 5 aliphatic rings. The molecule has 0 amide bonds. The minimum absolute atomic E-state index is 0.525. The Morgan fingerprint density at radius 1 is 0.567 bits per heavy atom. The molecule has 9 rings (SSSR count). The summed E-state index contributed by atoms with van der Waals surface area (Å²) in [5.41, 5.74) is 15.7. The van der Waals surface area contributed by atoms with E-state index >= 15 is 17.3 Å². The first-order valence-corrected chi connectivity index (χ1v) is 21.8. The SMILES string of the molecule is CCC1=C(C)C2=C(c3cccc4c3Oc3c(C5=C6C(C)=C(CC)C(C)=[N+]6[B-](F)(F)n6c(C)c(CC)c(C)c65)cccc3C4(C)C)c3c(C)c(CC)c(C)n3[B-](F)(F)[N+]2=C1C. The number of para-hydroxylation sites is 2. The number of aromatic nitrogens is 2. The van der Waals surface area contributed by atoms with E-state index in [9.17, 15) is 0 Å². The fourth-order valence-corrected chi connectivity index (χ4v) is 12.4. The van der Waals surface area contributed by atoms with Gasteiger partial charge < -0.3 is 39.9 Å². The Kier molecular flexibility index (Phi) is 8.73. The molecule has 0 saturated heterocycles. The molecule has 0 saturated carbocycles. The van der Waals surface area contributed by atoms with Crippen molar-refractivity contribution in [2.24, 2.45) is 0 Å². The van der Waals surface area contributed by atoms with Gasteiger partial charge in [-0.2, -0.15) is 0 Å². The van der Waals surface area contributed by atoms with Gasteiger partial charge in [-0.3, -0.25) is 0 Å². The van der Waals surface area contributed by atoms with Crippen LogP contribution in [0.15, 0.2) is 70.1 Å². The van der Waals surface area contributed by atoms with Crippen molar-refractivity contribution in [3.63, 3.8) is 0 Å². The number of allylic oxidation sites excluding steroid dienone is 4. The molecule has 0 spiro atoms. The second-order valence-corrected chi connectivity index (χ2v) is 18.1. The van der Waals surface area contributed by atoms with Crippen LogP contribution in [0.5, 0.6) is 11.5 Å². The number of rotatable bonds is 6. The molecule has 5 aliphatic heterocycles. The molecule has 60 heavy (non-hydrogen) atoms. The first-order chi connectivity index (χ1) is 28.3. The highest BCUT2D eigenvalue weighted by molar-refractivity contribution is 6.59. The minimum Gasteiger partial charge on any atom is -0.455 e. The van der Waals surface area contributed by atoms with E-state index in [-0.39, 0.29) is 0 Å². The maximum atomic E-state index is 17.3. The average Bonchev–Trinajstić information content (AvgIpc) is 3.81. The van der Waals surface area contributed by atoms with E-state index in [0.29, 0.717) is 82.8 Å². The van der Waals surface area contributed by atoms with Gasteiger partial charge in [0.15, 0.2) is 11.4 Å². The number of fused-ring (bicyclic) bond motifs is 6. The molecule has 2 aromatic carbocycles. The highest BCUT2D eigenvalue weighted by Crippen LogP contribution is 2.58. The van der Waals surface area contributed by atoms with Crippen LogP contribution in [0.25, 0.3) is 11.1 Å². The van der Waals surface area contributed by atoms with E-state index in [1.807, 2.05) is 107 Å². The average molecular weight is 815 g/mol. The van der Waals surface area contributed by atoms with Crippen LogP contribution in [0.4, 0.5) is 17.3 Å². The largest absolute Gasteiger partial charge is 0.737 e. The Balaban J connectivity index is 1.39. The molecule has 312 valence electrons. The number of benzene rings is 2. The van der Waals surface area contributed by atoms with Crippen molar-refractivity contribution in [1.29, 1.82) is 0 Å². The molecular formula is C49H56B2F4N4O. The molecule has 0 unspecified atom stereocenters. The summed E-state index contributed by atoms with van der Waals surface area (Å²) in [4.78, 5) is 0. The van der Waals surface area contributed by atoms with Gasteiger partial charge >= 0.3 is 13.9 Å². The third kappa shape index (κ3) is 4.67. The van der Waals surface area contributed by atoms with Gasteiger partial charge in [0.2, 0.25) is 0 Å². The summed E-state index contributed by atoms with van der Waals surface area (Å²) in [7, 11) is 0. The summed E-state index contributed by atoms with van der Waals surface area (Å²) >= 11 is 0. The third-order valence-electron chi connectivity index (χ3n) is 15.1. The fraction of sp³-hybridized carbons (Fsp3) is 0.388. The van der Waals surface area contributed by atoms with Gasteiger partial charge in [-0.15, -0.1) is 0 Å². The van der Waals surface area contributed by atoms with Crippen LogP contribution in [0.2, 0.25) is 0 Å². The van der Waals surface area contributed by atoms with Crippen molar-refractivity contribution >= 4 is 36.5 Å². The summed E-state index contributed by atoms with van der Waals surface area (Å²) in [6.45, 7) is 19.2. The summed E-state index contributed by atoms with van der Waals surface area (Å²) in [6.07, 6.45) is 2.49. The van der Waals surface area contributed by atoms with Gasteiger partial charge in [-0.05, 0) is 101 Å². The maximum absolute atomic E-state index is 17.3. The molecule has 0 atom stereocenters. The van der Waals surface area contributed by atoms with Gasteiger partial charge in [-0.25, -0.2) is 0 Å². The van der Waals surface area contributed by atoms with Crippen molar-refractivity contribution in [2.45, 2.75) is 128 Å². The van der Waals surface area contributed by atoms with E-state index in [1.54, 1.807) is 0 Å². The lowest BCUT2D eigenvalue weighted by molar-refractivity contribution is -0.364. The van der Waals surface area contributed by atoms with Crippen molar-refractivity contribution in [1.82, 2.24) is 8.96 Å². The van der Waals surface area contributed by atoms with Gasteiger partial charge in [0.05, 0.1) is 11.1 Å². The van der Waals surface area contributed by atoms with Crippen LogP contribution in [0, 0.1) is 27.7 Å². The first-order valence-electron chi connectivity index (χ1n) is 21.8. The predicted molar refractivity (Wildman–Crippen MR) is 238 cm³/mol. The molecule has 0 radical (unpaired) electrons. The molecular weight excluding hydrogens is 758 g/mol. The minimum atomic E-state index is -4.23. The lowest BCUT2D eigenvalue weighted by Gasteiger charge is -2.39. The number of halogens is 4. The smallest absolute Gasteiger partial charge is 0.455 e. The van der Waals surface area contributed by atoms with Crippen LogP contribution < -0.4 is 4.74 Å². The standard InChI is InChI=1S/C49H56B2F4N4O/c1-15-33-25(5)43-41(44-26(6)34(16-2)30(10)57(44)50(52,53)56(43)29(33)9)37-21-19-23-39-47(37)60-48-38(22-20-24-40(48)49(39,13)14)42-45-27(7)35(17-3)31(11)58(45)51(54,55)59-32(12)36(18-4)28(8)46(42)59/h19-24H,15-18H2,1-14H3. The zero-order chi connectivity index (χ0) is 43.4. The van der Waals surface area contributed by atoms with Gasteiger partial charge in [0, 0.05) is 75.2 Å². The van der Waals surface area contributed by atoms with Crippen LogP contribution in [0.1, 0.15) is 149 Å². The fourth-order valence-electron chi connectivity index (χ4n) is 12.4. The Labute approximate surface area is 352 Å². The second kappa shape index (κ2) is 13.0. The molecule has 0 N–H and O–H groups in total. The van der Waals surface area contributed by atoms with E-state index < -0.39 is 19.4 Å². The van der Waals surface area contributed by atoms with E-state index in [2.05, 4.69) is 26.0 Å². The van der Waals surface area contributed by atoms with Crippen LogP contribution in [0.3, 0.4) is 0 Å². The van der Waals surface area contributed by atoms with Crippen LogP contribution in [-0.4, -0.2) is 43.3 Å². The van der Waals surface area contributed by atoms with Crippen molar-refractivity contribution < 1.29 is 31.0 Å². The Morgan fingerprint density at radius 2 is 0.933 bits per heavy atom. The second-order valence-electron chi connectivity index (χ2n) is 18.1. The normalized spacial score (nSPS) is 19.6. The zero-order valence-corrected chi connectivity index (χ0v) is 37.7. The highest BCUT2D eigenvalue weighted by Gasteiger charge is 2.59. The van der Waals surface area contributed by atoms with E-state index in [4.69, 9.17) is 4.74 Å². The lowest BCUT2D eigenvalue weighted by atomic mass is 9.72. The Morgan fingerprint density at radius 3 is 1.27 bits per heavy atom. The van der Waals surface area contributed by atoms with Crippen LogP contribution >= 0.6 is 0 Å². The van der Waals surface area contributed by atoms with Gasteiger partial charge in [0.1, 0.15) is 22.9 Å². The van der Waals surface area contributed by atoms with Gasteiger partial charge in [0.25, 0.3) is 0 Å². The van der Waals surface area contributed by atoms with E-state index in [1.165, 1.54) is 17.9 Å². The number of hydrogen-bond donors (Lipinski definition) is 0. The monoisotopic (exact) mass is 814 g/mol. The zero-order valence-electron chi connectivity index (χ0n) is 37.7. The van der Waals surface area contributed by atoms with E-state index in [0.717, 1.165) is 77.9 Å². The molecule has 0 aliphatic carbocycles. The topological polar surface area (TPSA) is 25.1 Å². The molecule has 2 aromatic heterocycles. The third-order valence-corrected chi connectivity index (χ3v) is 15.1. The van der Waals surface area contributed by atoms with Crippen molar-refractivity contribution in [2.75, 3.05) is 0 Å². The summed E-state index contributed by atoms with van der Waals surface area (Å²) < 4.78 is 82.0. The molecule has 4 aromatic rings.